The van der Waals surface area contributed by atoms with Crippen LogP contribution in [-0.4, -0.2) is 73.3 Å². The summed E-state index contributed by atoms with van der Waals surface area (Å²) in [5, 5.41) is 0. The summed E-state index contributed by atoms with van der Waals surface area (Å²) >= 11 is 0. The van der Waals surface area contributed by atoms with Gasteiger partial charge in [0.2, 0.25) is 0 Å². The topological polar surface area (TPSA) is 73.8 Å². The van der Waals surface area contributed by atoms with Crippen LogP contribution in [0.1, 0.15) is 144 Å². The Labute approximate surface area is 468 Å². The van der Waals surface area contributed by atoms with E-state index in [2.05, 4.69) is 249 Å². The van der Waals surface area contributed by atoms with E-state index in [9.17, 15) is 0 Å². The van der Waals surface area contributed by atoms with Gasteiger partial charge in [-0.25, -0.2) is 0 Å². The van der Waals surface area contributed by atoms with E-state index in [1.54, 1.807) is 0 Å². The molecule has 4 aliphatic rings. The Kier molecular flexibility index (Phi) is 13.7. The van der Waals surface area contributed by atoms with Gasteiger partial charge in [-0.05, 0) is 263 Å². The molecular formula is C66H82B4O8. The SMILES string of the molecule is Cc1c(-c2ccc(B3OC(C)(C)C(C)(C)O3)cc2)c(C)c(-c2c(C)c(-c3ccc(B4OC(C)(C)C(C)(C)O4)cc3)c(C)c(-c3ccc(B4OC(C)(C)C(C)(C)O4)cc3)c2C)c(C)c1-c1ccc(B2OC(C)(C)C(C)(C)O2)cc1. The zero-order valence-electron chi connectivity index (χ0n) is 50.8. The van der Waals surface area contributed by atoms with Crippen molar-refractivity contribution in [3.63, 3.8) is 0 Å². The molecule has 6 aromatic rings. The zero-order chi connectivity index (χ0) is 56.8. The highest BCUT2D eigenvalue weighted by Crippen LogP contribution is 2.50. The third kappa shape index (κ3) is 9.23. The minimum Gasteiger partial charge on any atom is -0.399 e. The Hall–Kier alpha value is -4.74. The molecule has 0 aliphatic carbocycles. The Morgan fingerprint density at radius 3 is 0.474 bits per heavy atom. The summed E-state index contributed by atoms with van der Waals surface area (Å²) in [5.74, 6) is 0. The first kappa shape index (κ1) is 56.5. The van der Waals surface area contributed by atoms with E-state index in [0.29, 0.717) is 0 Å². The predicted octanol–water partition coefficient (Wildman–Crippen LogP) is 13.1. The Balaban J connectivity index is 1.18. The van der Waals surface area contributed by atoms with Gasteiger partial charge in [0.05, 0.1) is 44.8 Å². The van der Waals surface area contributed by atoms with Gasteiger partial charge in [0.25, 0.3) is 0 Å². The van der Waals surface area contributed by atoms with Crippen LogP contribution in [0, 0.1) is 41.5 Å². The van der Waals surface area contributed by atoms with E-state index in [4.69, 9.17) is 37.2 Å². The maximum Gasteiger partial charge on any atom is 0.494 e. The van der Waals surface area contributed by atoms with Gasteiger partial charge >= 0.3 is 28.5 Å². The standard InChI is InChI=1S/C66H82B4O8/c1-39-53(45-23-31-49(32-24-45)67-71-59(7,8)60(9,10)72-67)41(3)57(42(4)54(39)46-25-33-50(34-26-46)68-73-61(11,12)62(13,14)74-68)58-43(5)55(47-27-35-51(36-28-47)69-75-63(15,16)64(17,18)76-69)40(2)56(44(58)6)48-29-37-52(38-30-48)70-77-65(19,20)66(21,22)78-70/h23-38H,1-22H3. The maximum atomic E-state index is 6.55. The highest BCUT2D eigenvalue weighted by atomic mass is 16.7. The van der Waals surface area contributed by atoms with Crippen molar-refractivity contribution in [3.05, 3.63) is 130 Å². The Morgan fingerprint density at radius 1 is 0.205 bits per heavy atom. The second kappa shape index (κ2) is 18.9. The third-order valence-electron chi connectivity index (χ3n) is 19.6. The second-order valence-electron chi connectivity index (χ2n) is 26.8. The fraction of sp³-hybridized carbons (Fsp3) is 0.455. The molecule has 4 fully saturated rings. The van der Waals surface area contributed by atoms with Gasteiger partial charge in [0.15, 0.2) is 0 Å². The average Bonchev–Trinajstić information content (AvgIpc) is 4.00. The van der Waals surface area contributed by atoms with Crippen molar-refractivity contribution >= 4 is 50.3 Å². The monoisotopic (exact) mass is 1050 g/mol. The van der Waals surface area contributed by atoms with Crippen LogP contribution in [-0.2, 0) is 37.2 Å². The summed E-state index contributed by atoms with van der Waals surface area (Å²) in [6.45, 7) is 47.5. The fourth-order valence-corrected chi connectivity index (χ4v) is 12.1. The van der Waals surface area contributed by atoms with Crippen LogP contribution in [0.4, 0.5) is 0 Å². The first-order chi connectivity index (χ1) is 36.1. The normalized spacial score (nSPS) is 21.3. The van der Waals surface area contributed by atoms with Crippen molar-refractivity contribution < 1.29 is 37.2 Å². The summed E-state index contributed by atoms with van der Waals surface area (Å²) in [7, 11) is -1.87. The summed E-state index contributed by atoms with van der Waals surface area (Å²) in [6, 6.07) is 35.4. The second-order valence-corrected chi connectivity index (χ2v) is 26.8. The molecule has 10 rings (SSSR count). The molecule has 0 amide bonds. The van der Waals surface area contributed by atoms with E-state index < -0.39 is 73.3 Å². The molecule has 4 aliphatic heterocycles. The number of rotatable bonds is 9. The molecule has 6 aromatic carbocycles. The lowest BCUT2D eigenvalue weighted by molar-refractivity contribution is 0.00578. The summed E-state index contributed by atoms with van der Waals surface area (Å²) in [5.41, 5.74) is 19.4. The minimum absolute atomic E-state index is 0.450. The van der Waals surface area contributed by atoms with Crippen molar-refractivity contribution in [2.45, 2.75) is 197 Å². The molecule has 78 heavy (non-hydrogen) atoms. The molecule has 0 aromatic heterocycles. The lowest BCUT2D eigenvalue weighted by Crippen LogP contribution is -2.41. The molecule has 8 nitrogen and oxygen atoms in total. The minimum atomic E-state index is -0.468. The van der Waals surface area contributed by atoms with Crippen LogP contribution in [0.3, 0.4) is 0 Å². The fourth-order valence-electron chi connectivity index (χ4n) is 12.1. The molecule has 0 atom stereocenters. The van der Waals surface area contributed by atoms with E-state index >= 15 is 0 Å². The Morgan fingerprint density at radius 2 is 0.333 bits per heavy atom. The third-order valence-corrected chi connectivity index (χ3v) is 19.6. The van der Waals surface area contributed by atoms with Crippen LogP contribution in [0.2, 0.25) is 0 Å². The van der Waals surface area contributed by atoms with Crippen LogP contribution in [0.5, 0.6) is 0 Å². The molecule has 0 bridgehead atoms. The van der Waals surface area contributed by atoms with Crippen molar-refractivity contribution in [1.29, 1.82) is 0 Å². The predicted molar refractivity (Wildman–Crippen MR) is 325 cm³/mol. The van der Waals surface area contributed by atoms with Gasteiger partial charge in [-0.3, -0.25) is 0 Å². The first-order valence-corrected chi connectivity index (χ1v) is 28.2. The lowest BCUT2D eigenvalue weighted by atomic mass is 9.73. The highest BCUT2D eigenvalue weighted by Gasteiger charge is 2.55. The molecule has 0 saturated carbocycles. The average molecular weight is 1050 g/mol. The largest absolute Gasteiger partial charge is 0.494 e. The van der Waals surface area contributed by atoms with Gasteiger partial charge in [0, 0.05) is 0 Å². The number of hydrogen-bond acceptors (Lipinski definition) is 8. The van der Waals surface area contributed by atoms with Gasteiger partial charge in [0.1, 0.15) is 0 Å². The van der Waals surface area contributed by atoms with Crippen LogP contribution < -0.4 is 21.9 Å². The zero-order valence-corrected chi connectivity index (χ0v) is 50.8. The molecule has 0 N–H and O–H groups in total. The van der Waals surface area contributed by atoms with Crippen molar-refractivity contribution in [3.8, 4) is 55.6 Å². The lowest BCUT2D eigenvalue weighted by Gasteiger charge is -2.32. The van der Waals surface area contributed by atoms with Crippen molar-refractivity contribution in [2.75, 3.05) is 0 Å². The van der Waals surface area contributed by atoms with Crippen LogP contribution >= 0.6 is 0 Å². The summed E-state index contributed by atoms with van der Waals surface area (Å²) in [6.07, 6.45) is 0. The number of hydrogen-bond donors (Lipinski definition) is 0. The van der Waals surface area contributed by atoms with E-state index in [1.807, 2.05) is 0 Å². The van der Waals surface area contributed by atoms with Crippen LogP contribution in [0.15, 0.2) is 97.1 Å². The molecule has 0 radical (unpaired) electrons. The molecule has 4 heterocycles. The van der Waals surface area contributed by atoms with Gasteiger partial charge in [-0.15, -0.1) is 0 Å². The van der Waals surface area contributed by atoms with Crippen molar-refractivity contribution in [2.24, 2.45) is 0 Å². The summed E-state index contributed by atoms with van der Waals surface area (Å²) in [4.78, 5) is 0. The first-order valence-electron chi connectivity index (χ1n) is 28.2. The smallest absolute Gasteiger partial charge is 0.399 e. The van der Waals surface area contributed by atoms with E-state index in [1.165, 1.54) is 66.8 Å². The highest BCUT2D eigenvalue weighted by molar-refractivity contribution is 6.63. The molecular weight excluding hydrogens is 964 g/mol. The van der Waals surface area contributed by atoms with Crippen LogP contribution in [0.25, 0.3) is 55.6 Å². The summed E-state index contributed by atoms with van der Waals surface area (Å²) < 4.78 is 52.4. The van der Waals surface area contributed by atoms with E-state index in [0.717, 1.165) is 44.1 Å². The Bertz CT molecular complexity index is 2820. The van der Waals surface area contributed by atoms with Gasteiger partial charge < -0.3 is 37.2 Å². The maximum absolute atomic E-state index is 6.55. The number of benzene rings is 6. The van der Waals surface area contributed by atoms with Crippen molar-refractivity contribution in [1.82, 2.24) is 0 Å². The molecule has 4 saturated heterocycles. The molecule has 406 valence electrons. The van der Waals surface area contributed by atoms with Gasteiger partial charge in [-0.2, -0.15) is 0 Å². The van der Waals surface area contributed by atoms with E-state index in [-0.39, 0.29) is 0 Å². The van der Waals surface area contributed by atoms with Gasteiger partial charge in [-0.1, -0.05) is 97.1 Å². The molecule has 0 unspecified atom stereocenters. The molecule has 12 heteroatoms. The molecule has 0 spiro atoms. The quantitative estimate of drug-likeness (QED) is 0.133.